The molecule has 0 radical (unpaired) electrons. The van der Waals surface area contributed by atoms with Crippen molar-refractivity contribution in [1.82, 2.24) is 19.9 Å². The second-order valence-electron chi connectivity index (χ2n) is 5.91. The number of rotatable bonds is 3. The van der Waals surface area contributed by atoms with Gasteiger partial charge < -0.3 is 9.64 Å². The van der Waals surface area contributed by atoms with Gasteiger partial charge in [0.05, 0.1) is 6.61 Å². The van der Waals surface area contributed by atoms with Crippen molar-refractivity contribution in [1.29, 1.82) is 0 Å². The Hall–Kier alpha value is -3.02. The minimum absolute atomic E-state index is 0.0616. The molecule has 3 aromatic heterocycles. The van der Waals surface area contributed by atoms with Crippen LogP contribution in [0.2, 0.25) is 0 Å². The van der Waals surface area contributed by atoms with Gasteiger partial charge in [-0.25, -0.2) is 15.0 Å². The number of carbonyl (C=O) groups is 1. The van der Waals surface area contributed by atoms with Gasteiger partial charge in [-0.1, -0.05) is 0 Å². The Morgan fingerprint density at radius 1 is 1.24 bits per heavy atom. The third kappa shape index (κ3) is 2.91. The molecule has 25 heavy (non-hydrogen) atoms. The van der Waals surface area contributed by atoms with Crippen molar-refractivity contribution in [3.63, 3.8) is 0 Å². The molecule has 4 heterocycles. The first-order valence-electron chi connectivity index (χ1n) is 8.37. The van der Waals surface area contributed by atoms with Gasteiger partial charge in [0.15, 0.2) is 5.65 Å². The molecule has 1 aliphatic heterocycles. The van der Waals surface area contributed by atoms with Crippen molar-refractivity contribution in [3.8, 4) is 5.88 Å². The Kier molecular flexibility index (Phi) is 4.01. The smallest absolute Gasteiger partial charge is 0.259 e. The van der Waals surface area contributed by atoms with Crippen LogP contribution in [0.1, 0.15) is 28.5 Å². The Balaban J connectivity index is 1.64. The highest BCUT2D eigenvalue weighted by molar-refractivity contribution is 5.96. The summed E-state index contributed by atoms with van der Waals surface area (Å²) in [6, 6.07) is 9.49. The largest absolute Gasteiger partial charge is 0.477 e. The van der Waals surface area contributed by atoms with Gasteiger partial charge in [-0.05, 0) is 42.8 Å². The van der Waals surface area contributed by atoms with Crippen molar-refractivity contribution in [2.24, 2.45) is 0 Å². The van der Waals surface area contributed by atoms with E-state index in [-0.39, 0.29) is 5.91 Å². The standard InChI is InChI=1S/C19H18N4O2/c1-2-25-18-15(6-4-9-21-18)19(24)23-10-7-16-14(12-23)11-13-5-3-8-20-17(13)22-16/h3-6,8-9,11H,2,7,10,12H2,1H3. The van der Waals surface area contributed by atoms with E-state index in [2.05, 4.69) is 21.0 Å². The summed E-state index contributed by atoms with van der Waals surface area (Å²) in [7, 11) is 0. The molecule has 126 valence electrons. The van der Waals surface area contributed by atoms with E-state index in [4.69, 9.17) is 4.74 Å². The highest BCUT2D eigenvalue weighted by atomic mass is 16.5. The van der Waals surface area contributed by atoms with Gasteiger partial charge in [0.1, 0.15) is 5.56 Å². The fourth-order valence-corrected chi connectivity index (χ4v) is 3.11. The minimum Gasteiger partial charge on any atom is -0.477 e. The normalized spacial score (nSPS) is 13.6. The summed E-state index contributed by atoms with van der Waals surface area (Å²) in [5.41, 5.74) is 3.35. The average Bonchev–Trinajstić information content (AvgIpc) is 2.66. The number of amides is 1. The topological polar surface area (TPSA) is 68.2 Å². The summed E-state index contributed by atoms with van der Waals surface area (Å²) in [6.45, 7) is 3.51. The molecule has 4 rings (SSSR count). The molecular formula is C19H18N4O2. The zero-order valence-electron chi connectivity index (χ0n) is 14.0. The maximum Gasteiger partial charge on any atom is 0.259 e. The van der Waals surface area contributed by atoms with Crippen LogP contribution in [-0.2, 0) is 13.0 Å². The van der Waals surface area contributed by atoms with Crippen molar-refractivity contribution in [2.75, 3.05) is 13.2 Å². The third-order valence-electron chi connectivity index (χ3n) is 4.31. The monoisotopic (exact) mass is 334 g/mol. The van der Waals surface area contributed by atoms with Gasteiger partial charge in [-0.3, -0.25) is 4.79 Å². The molecule has 0 aromatic carbocycles. The van der Waals surface area contributed by atoms with Gasteiger partial charge >= 0.3 is 0 Å². The first kappa shape index (κ1) is 15.5. The molecule has 3 aromatic rings. The van der Waals surface area contributed by atoms with Crippen LogP contribution in [0, 0.1) is 0 Å². The van der Waals surface area contributed by atoms with Crippen molar-refractivity contribution in [2.45, 2.75) is 19.9 Å². The number of nitrogens with zero attached hydrogens (tertiary/aromatic N) is 4. The molecule has 0 N–H and O–H groups in total. The van der Waals surface area contributed by atoms with E-state index in [1.807, 2.05) is 24.0 Å². The zero-order valence-corrected chi connectivity index (χ0v) is 14.0. The lowest BCUT2D eigenvalue weighted by molar-refractivity contribution is 0.0728. The lowest BCUT2D eigenvalue weighted by atomic mass is 10.0. The third-order valence-corrected chi connectivity index (χ3v) is 4.31. The maximum absolute atomic E-state index is 12.9. The van der Waals surface area contributed by atoms with Crippen LogP contribution in [0.25, 0.3) is 11.0 Å². The summed E-state index contributed by atoms with van der Waals surface area (Å²) >= 11 is 0. The molecule has 0 atom stereocenters. The predicted octanol–water partition coefficient (Wildman–Crippen LogP) is 2.62. The number of hydrogen-bond donors (Lipinski definition) is 0. The quantitative estimate of drug-likeness (QED) is 0.736. The Morgan fingerprint density at radius 2 is 2.08 bits per heavy atom. The molecule has 6 heteroatoms. The first-order chi connectivity index (χ1) is 12.3. The van der Waals surface area contributed by atoms with E-state index >= 15 is 0 Å². The van der Waals surface area contributed by atoms with E-state index in [0.717, 1.165) is 28.7 Å². The molecule has 0 spiro atoms. The van der Waals surface area contributed by atoms with Crippen molar-refractivity contribution in [3.05, 3.63) is 59.5 Å². The number of carbonyl (C=O) groups excluding carboxylic acids is 1. The summed E-state index contributed by atoms with van der Waals surface area (Å²) in [6.07, 6.45) is 4.10. The summed E-state index contributed by atoms with van der Waals surface area (Å²) in [4.78, 5) is 27.9. The first-order valence-corrected chi connectivity index (χ1v) is 8.37. The fourth-order valence-electron chi connectivity index (χ4n) is 3.11. The van der Waals surface area contributed by atoms with Gasteiger partial charge in [-0.2, -0.15) is 0 Å². The van der Waals surface area contributed by atoms with Gasteiger partial charge in [0.25, 0.3) is 5.91 Å². The summed E-state index contributed by atoms with van der Waals surface area (Å²) < 4.78 is 5.50. The lowest BCUT2D eigenvalue weighted by Gasteiger charge is -2.28. The number of aromatic nitrogens is 3. The second kappa shape index (κ2) is 6.47. The maximum atomic E-state index is 12.9. The molecule has 1 amide bonds. The molecule has 0 aliphatic carbocycles. The van der Waals surface area contributed by atoms with Gasteiger partial charge in [0.2, 0.25) is 5.88 Å². The molecule has 0 saturated carbocycles. The molecular weight excluding hydrogens is 316 g/mol. The highest BCUT2D eigenvalue weighted by Gasteiger charge is 2.25. The minimum atomic E-state index is -0.0616. The second-order valence-corrected chi connectivity index (χ2v) is 5.91. The predicted molar refractivity (Wildman–Crippen MR) is 93.4 cm³/mol. The number of fused-ring (bicyclic) bond motifs is 2. The molecule has 0 fully saturated rings. The van der Waals surface area contributed by atoms with Crippen LogP contribution < -0.4 is 4.74 Å². The van der Waals surface area contributed by atoms with E-state index in [1.54, 1.807) is 24.5 Å². The van der Waals surface area contributed by atoms with E-state index in [1.165, 1.54) is 0 Å². The Morgan fingerprint density at radius 3 is 2.96 bits per heavy atom. The van der Waals surface area contributed by atoms with Crippen molar-refractivity contribution >= 4 is 16.9 Å². The number of ether oxygens (including phenoxy) is 1. The van der Waals surface area contributed by atoms with Crippen LogP contribution in [0.4, 0.5) is 0 Å². The summed E-state index contributed by atoms with van der Waals surface area (Å²) in [5, 5.41) is 0.993. The number of pyridine rings is 3. The van der Waals surface area contributed by atoms with Crippen LogP contribution in [0.3, 0.4) is 0 Å². The van der Waals surface area contributed by atoms with Crippen molar-refractivity contribution < 1.29 is 9.53 Å². The van der Waals surface area contributed by atoms with Crippen LogP contribution in [-0.4, -0.2) is 38.9 Å². The fraction of sp³-hybridized carbons (Fsp3) is 0.263. The van der Waals surface area contributed by atoms with Crippen LogP contribution >= 0.6 is 0 Å². The molecule has 0 saturated heterocycles. The molecule has 1 aliphatic rings. The van der Waals surface area contributed by atoms with E-state index in [9.17, 15) is 4.79 Å². The SMILES string of the molecule is CCOc1ncccc1C(=O)N1CCc2nc3ncccc3cc2C1. The Labute approximate surface area is 145 Å². The van der Waals surface area contributed by atoms with Crippen LogP contribution in [0.5, 0.6) is 5.88 Å². The van der Waals surface area contributed by atoms with Crippen LogP contribution in [0.15, 0.2) is 42.7 Å². The van der Waals surface area contributed by atoms with E-state index in [0.29, 0.717) is 31.1 Å². The highest BCUT2D eigenvalue weighted by Crippen LogP contribution is 2.24. The van der Waals surface area contributed by atoms with E-state index < -0.39 is 0 Å². The average molecular weight is 334 g/mol. The zero-order chi connectivity index (χ0) is 17.2. The van der Waals surface area contributed by atoms with Gasteiger partial charge in [-0.15, -0.1) is 0 Å². The lowest BCUT2D eigenvalue weighted by Crippen LogP contribution is -2.36. The summed E-state index contributed by atoms with van der Waals surface area (Å²) in [5.74, 6) is 0.329. The molecule has 0 unspecified atom stereocenters. The molecule has 6 nitrogen and oxygen atoms in total. The molecule has 0 bridgehead atoms. The Bertz CT molecular complexity index is 942. The van der Waals surface area contributed by atoms with Gasteiger partial charge in [0, 0.05) is 43.0 Å². The number of hydrogen-bond acceptors (Lipinski definition) is 5.